The van der Waals surface area contributed by atoms with Gasteiger partial charge in [0.1, 0.15) is 0 Å². The standard InChI is InChI=1S/C10H13NOS/c1-6-8(4-5-13-6)10(12)9(11)7-2-3-7/h4-5,7,9H,2-3,11H2,1H3. The minimum Gasteiger partial charge on any atom is -0.321 e. The minimum absolute atomic E-state index is 0.126. The third-order valence-electron chi connectivity index (χ3n) is 2.56. The summed E-state index contributed by atoms with van der Waals surface area (Å²) in [5.41, 5.74) is 6.66. The summed E-state index contributed by atoms with van der Waals surface area (Å²) >= 11 is 1.61. The average molecular weight is 195 g/mol. The number of hydrogen-bond donors (Lipinski definition) is 1. The van der Waals surface area contributed by atoms with Gasteiger partial charge in [-0.2, -0.15) is 0 Å². The van der Waals surface area contributed by atoms with Gasteiger partial charge in [-0.3, -0.25) is 4.79 Å². The maximum Gasteiger partial charge on any atom is 0.180 e. The smallest absolute Gasteiger partial charge is 0.180 e. The van der Waals surface area contributed by atoms with E-state index >= 15 is 0 Å². The van der Waals surface area contributed by atoms with E-state index in [9.17, 15) is 4.79 Å². The third-order valence-corrected chi connectivity index (χ3v) is 3.40. The molecule has 1 aromatic heterocycles. The lowest BCUT2D eigenvalue weighted by molar-refractivity contribution is 0.0952. The van der Waals surface area contributed by atoms with E-state index in [0.29, 0.717) is 5.92 Å². The molecule has 0 amide bonds. The molecule has 1 atom stereocenters. The maximum atomic E-state index is 11.8. The van der Waals surface area contributed by atoms with Gasteiger partial charge in [0.05, 0.1) is 6.04 Å². The molecule has 1 aliphatic carbocycles. The molecule has 3 heteroatoms. The summed E-state index contributed by atoms with van der Waals surface area (Å²) in [7, 11) is 0. The van der Waals surface area contributed by atoms with Crippen LogP contribution in [0, 0.1) is 12.8 Å². The van der Waals surface area contributed by atoms with E-state index in [4.69, 9.17) is 5.73 Å². The molecule has 70 valence electrons. The zero-order valence-corrected chi connectivity index (χ0v) is 8.43. The fourth-order valence-electron chi connectivity index (χ4n) is 1.49. The molecular formula is C10H13NOS. The van der Waals surface area contributed by atoms with Crippen molar-refractivity contribution in [2.45, 2.75) is 25.8 Å². The van der Waals surface area contributed by atoms with Crippen LogP contribution in [-0.2, 0) is 0 Å². The Morgan fingerprint density at radius 3 is 2.85 bits per heavy atom. The summed E-state index contributed by atoms with van der Waals surface area (Å²) in [6.07, 6.45) is 2.24. The van der Waals surface area contributed by atoms with Gasteiger partial charge < -0.3 is 5.73 Å². The zero-order chi connectivity index (χ0) is 9.42. The van der Waals surface area contributed by atoms with Crippen molar-refractivity contribution < 1.29 is 4.79 Å². The maximum absolute atomic E-state index is 11.8. The molecule has 2 rings (SSSR count). The summed E-state index contributed by atoms with van der Waals surface area (Å²) in [6, 6.07) is 1.62. The predicted molar refractivity (Wildman–Crippen MR) is 54.1 cm³/mol. The predicted octanol–water partition coefficient (Wildman–Crippen LogP) is 1.98. The monoisotopic (exact) mass is 195 g/mol. The summed E-state index contributed by atoms with van der Waals surface area (Å²) in [6.45, 7) is 1.97. The number of rotatable bonds is 3. The number of hydrogen-bond acceptors (Lipinski definition) is 3. The van der Waals surface area contributed by atoms with Crippen molar-refractivity contribution in [1.29, 1.82) is 0 Å². The number of thiophene rings is 1. The van der Waals surface area contributed by atoms with E-state index < -0.39 is 0 Å². The lowest BCUT2D eigenvalue weighted by Gasteiger charge is -2.07. The van der Waals surface area contributed by atoms with Gasteiger partial charge in [0.2, 0.25) is 0 Å². The van der Waals surface area contributed by atoms with Crippen molar-refractivity contribution in [1.82, 2.24) is 0 Å². The van der Waals surface area contributed by atoms with Crippen LogP contribution in [0.5, 0.6) is 0 Å². The molecule has 0 aromatic carbocycles. The van der Waals surface area contributed by atoms with Gasteiger partial charge in [0.25, 0.3) is 0 Å². The van der Waals surface area contributed by atoms with Crippen LogP contribution in [0.25, 0.3) is 0 Å². The molecule has 2 nitrogen and oxygen atoms in total. The third kappa shape index (κ3) is 1.67. The Hall–Kier alpha value is -0.670. The largest absolute Gasteiger partial charge is 0.321 e. The second-order valence-corrected chi connectivity index (χ2v) is 4.74. The van der Waals surface area contributed by atoms with E-state index in [0.717, 1.165) is 23.3 Å². The van der Waals surface area contributed by atoms with Gasteiger partial charge in [0.15, 0.2) is 5.78 Å². The number of Topliss-reactive ketones (excluding diaryl/α,β-unsaturated/α-hetero) is 1. The van der Waals surface area contributed by atoms with E-state index in [1.165, 1.54) is 0 Å². The van der Waals surface area contributed by atoms with Gasteiger partial charge in [-0.1, -0.05) is 0 Å². The van der Waals surface area contributed by atoms with E-state index in [1.54, 1.807) is 11.3 Å². The van der Waals surface area contributed by atoms with Gasteiger partial charge in [-0.25, -0.2) is 0 Å². The number of carbonyl (C=O) groups excluding carboxylic acids is 1. The quantitative estimate of drug-likeness (QED) is 0.749. The topological polar surface area (TPSA) is 43.1 Å². The number of ketones is 1. The van der Waals surface area contributed by atoms with Gasteiger partial charge in [-0.05, 0) is 37.1 Å². The first-order chi connectivity index (χ1) is 6.20. The molecular weight excluding hydrogens is 182 g/mol. The lowest BCUT2D eigenvalue weighted by atomic mass is 10.0. The molecule has 1 unspecified atom stereocenters. The first kappa shape index (κ1) is 8.91. The van der Waals surface area contributed by atoms with E-state index in [1.807, 2.05) is 18.4 Å². The van der Waals surface area contributed by atoms with Crippen LogP contribution >= 0.6 is 11.3 Å². The van der Waals surface area contributed by atoms with Crippen LogP contribution < -0.4 is 5.73 Å². The number of carbonyl (C=O) groups is 1. The Morgan fingerprint density at radius 1 is 1.69 bits per heavy atom. The molecule has 1 aliphatic rings. The molecule has 0 bridgehead atoms. The van der Waals surface area contributed by atoms with Crippen LogP contribution in [-0.4, -0.2) is 11.8 Å². The fraction of sp³-hybridized carbons (Fsp3) is 0.500. The first-order valence-electron chi connectivity index (χ1n) is 4.54. The summed E-state index contributed by atoms with van der Waals surface area (Å²) in [4.78, 5) is 12.9. The van der Waals surface area contributed by atoms with E-state index in [2.05, 4.69) is 0 Å². The average Bonchev–Trinajstić information content (AvgIpc) is 2.87. The molecule has 1 heterocycles. The van der Waals surface area contributed by atoms with Crippen molar-refractivity contribution in [2.24, 2.45) is 11.7 Å². The minimum atomic E-state index is -0.256. The molecule has 0 aliphatic heterocycles. The SMILES string of the molecule is Cc1sccc1C(=O)C(N)C1CC1. The van der Waals surface area contributed by atoms with Crippen molar-refractivity contribution in [2.75, 3.05) is 0 Å². The van der Waals surface area contributed by atoms with Crippen LogP contribution in [0.1, 0.15) is 28.1 Å². The highest BCUT2D eigenvalue weighted by Crippen LogP contribution is 2.33. The molecule has 2 N–H and O–H groups in total. The second kappa shape index (κ2) is 3.24. The van der Waals surface area contributed by atoms with E-state index in [-0.39, 0.29) is 11.8 Å². The fourth-order valence-corrected chi connectivity index (χ4v) is 2.19. The van der Waals surface area contributed by atoms with Crippen molar-refractivity contribution in [3.63, 3.8) is 0 Å². The highest BCUT2D eigenvalue weighted by molar-refractivity contribution is 7.10. The number of aryl methyl sites for hydroxylation is 1. The Kier molecular flexibility index (Phi) is 2.22. The Balaban J connectivity index is 2.16. The lowest BCUT2D eigenvalue weighted by Crippen LogP contribution is -2.32. The van der Waals surface area contributed by atoms with Crippen molar-refractivity contribution in [3.8, 4) is 0 Å². The number of nitrogens with two attached hydrogens (primary N) is 1. The van der Waals surface area contributed by atoms with Gasteiger partial charge in [-0.15, -0.1) is 11.3 Å². The second-order valence-electron chi connectivity index (χ2n) is 3.62. The van der Waals surface area contributed by atoms with Gasteiger partial charge >= 0.3 is 0 Å². The molecule has 1 saturated carbocycles. The zero-order valence-electron chi connectivity index (χ0n) is 7.62. The molecule has 0 radical (unpaired) electrons. The Labute approximate surface area is 81.8 Å². The molecule has 1 fully saturated rings. The summed E-state index contributed by atoms with van der Waals surface area (Å²) < 4.78 is 0. The molecule has 0 spiro atoms. The molecule has 13 heavy (non-hydrogen) atoms. The summed E-state index contributed by atoms with van der Waals surface area (Å²) in [5, 5.41) is 1.95. The normalized spacial score (nSPS) is 18.6. The summed E-state index contributed by atoms with van der Waals surface area (Å²) in [5.74, 6) is 0.577. The highest BCUT2D eigenvalue weighted by atomic mass is 32.1. The van der Waals surface area contributed by atoms with Gasteiger partial charge in [0, 0.05) is 10.4 Å². The van der Waals surface area contributed by atoms with Crippen LogP contribution in [0.15, 0.2) is 11.4 Å². The first-order valence-corrected chi connectivity index (χ1v) is 5.42. The van der Waals surface area contributed by atoms with Crippen molar-refractivity contribution >= 4 is 17.1 Å². The van der Waals surface area contributed by atoms with Crippen LogP contribution in [0.2, 0.25) is 0 Å². The van der Waals surface area contributed by atoms with Crippen molar-refractivity contribution in [3.05, 3.63) is 21.9 Å². The Bertz CT molecular complexity index is 327. The van der Waals surface area contributed by atoms with Crippen LogP contribution in [0.4, 0.5) is 0 Å². The van der Waals surface area contributed by atoms with Crippen LogP contribution in [0.3, 0.4) is 0 Å². The molecule has 1 aromatic rings. The molecule has 0 saturated heterocycles. The highest BCUT2D eigenvalue weighted by Gasteiger charge is 2.34. The Morgan fingerprint density at radius 2 is 2.38 bits per heavy atom.